The molecule has 0 aliphatic heterocycles. The number of nitrogens with zero attached hydrogens (tertiary/aromatic N) is 1. The van der Waals surface area contributed by atoms with Crippen LogP contribution in [0.4, 0.5) is 5.00 Å². The Hall–Kier alpha value is -1.38. The standard InChI is InChI=1S/C14H21N3OS/c1-8-9(2)19-13(10(8)7-15)17-12(18)6-11(16)14(3,4)5/h11H,6,16H2,1-5H3,(H,17,18). The summed E-state index contributed by atoms with van der Waals surface area (Å²) in [5, 5.41) is 12.5. The smallest absolute Gasteiger partial charge is 0.226 e. The third kappa shape index (κ3) is 3.79. The second kappa shape index (κ2) is 5.72. The number of nitriles is 1. The Morgan fingerprint density at radius 2 is 2.05 bits per heavy atom. The van der Waals surface area contributed by atoms with E-state index in [0.717, 1.165) is 10.4 Å². The Balaban J connectivity index is 2.79. The fourth-order valence-corrected chi connectivity index (χ4v) is 2.56. The molecule has 0 aromatic carbocycles. The number of nitrogens with one attached hydrogen (secondary N) is 1. The summed E-state index contributed by atoms with van der Waals surface area (Å²) >= 11 is 1.43. The maximum Gasteiger partial charge on any atom is 0.226 e. The molecule has 1 aromatic heterocycles. The average molecular weight is 279 g/mol. The van der Waals surface area contributed by atoms with E-state index in [9.17, 15) is 4.79 Å². The molecule has 0 bridgehead atoms. The van der Waals surface area contributed by atoms with Gasteiger partial charge in [0.25, 0.3) is 0 Å². The van der Waals surface area contributed by atoms with Crippen molar-refractivity contribution in [2.45, 2.75) is 47.1 Å². The van der Waals surface area contributed by atoms with E-state index in [4.69, 9.17) is 11.0 Å². The number of anilines is 1. The molecule has 19 heavy (non-hydrogen) atoms. The second-order valence-electron chi connectivity index (χ2n) is 5.82. The number of nitrogens with two attached hydrogens (primary N) is 1. The molecule has 1 unspecified atom stereocenters. The lowest BCUT2D eigenvalue weighted by molar-refractivity contribution is -0.117. The number of rotatable bonds is 3. The van der Waals surface area contributed by atoms with Crippen LogP contribution in [0.5, 0.6) is 0 Å². The van der Waals surface area contributed by atoms with Crippen molar-refractivity contribution in [2.75, 3.05) is 5.32 Å². The molecule has 0 aliphatic rings. The van der Waals surface area contributed by atoms with Crippen LogP contribution in [0.2, 0.25) is 0 Å². The zero-order valence-electron chi connectivity index (χ0n) is 12.1. The van der Waals surface area contributed by atoms with E-state index in [-0.39, 0.29) is 23.8 Å². The maximum absolute atomic E-state index is 12.0. The first-order valence-corrected chi connectivity index (χ1v) is 7.04. The molecular weight excluding hydrogens is 258 g/mol. The summed E-state index contributed by atoms with van der Waals surface area (Å²) in [7, 11) is 0. The van der Waals surface area contributed by atoms with Crippen LogP contribution in [0.1, 0.15) is 43.2 Å². The van der Waals surface area contributed by atoms with Gasteiger partial charge in [-0.1, -0.05) is 20.8 Å². The highest BCUT2D eigenvalue weighted by Crippen LogP contribution is 2.32. The van der Waals surface area contributed by atoms with Gasteiger partial charge >= 0.3 is 0 Å². The molecule has 1 heterocycles. The topological polar surface area (TPSA) is 78.9 Å². The highest BCUT2D eigenvalue weighted by molar-refractivity contribution is 7.16. The molecular formula is C14H21N3OS. The summed E-state index contributed by atoms with van der Waals surface area (Å²) in [4.78, 5) is 13.0. The molecule has 5 heteroatoms. The molecule has 3 N–H and O–H groups in total. The van der Waals surface area contributed by atoms with Gasteiger partial charge in [-0.3, -0.25) is 4.79 Å². The van der Waals surface area contributed by atoms with Gasteiger partial charge in [-0.15, -0.1) is 11.3 Å². The normalized spacial score (nSPS) is 12.9. The fourth-order valence-electron chi connectivity index (χ4n) is 1.53. The molecule has 1 atom stereocenters. The van der Waals surface area contributed by atoms with Crippen molar-refractivity contribution >= 4 is 22.2 Å². The molecule has 0 saturated carbocycles. The summed E-state index contributed by atoms with van der Waals surface area (Å²) in [6, 6.07) is 1.93. The third-order valence-electron chi connectivity index (χ3n) is 3.27. The molecule has 0 saturated heterocycles. The largest absolute Gasteiger partial charge is 0.327 e. The van der Waals surface area contributed by atoms with E-state index in [0.29, 0.717) is 10.6 Å². The van der Waals surface area contributed by atoms with Crippen molar-refractivity contribution in [3.8, 4) is 6.07 Å². The van der Waals surface area contributed by atoms with Gasteiger partial charge in [-0.05, 0) is 24.8 Å². The van der Waals surface area contributed by atoms with Gasteiger partial charge in [0, 0.05) is 17.3 Å². The van der Waals surface area contributed by atoms with Gasteiger partial charge in [-0.2, -0.15) is 5.26 Å². The Morgan fingerprint density at radius 3 is 2.53 bits per heavy atom. The van der Waals surface area contributed by atoms with Crippen LogP contribution >= 0.6 is 11.3 Å². The SMILES string of the molecule is Cc1sc(NC(=O)CC(N)C(C)(C)C)c(C#N)c1C. The van der Waals surface area contributed by atoms with Crippen LogP contribution in [0.25, 0.3) is 0 Å². The minimum atomic E-state index is -0.208. The van der Waals surface area contributed by atoms with Crippen LogP contribution < -0.4 is 11.1 Å². The van der Waals surface area contributed by atoms with Gasteiger partial charge in [0.1, 0.15) is 11.1 Å². The first kappa shape index (κ1) is 15.7. The molecule has 4 nitrogen and oxygen atoms in total. The van der Waals surface area contributed by atoms with Crippen LogP contribution in [0.15, 0.2) is 0 Å². The number of carbonyl (C=O) groups is 1. The van der Waals surface area contributed by atoms with Gasteiger partial charge in [0.2, 0.25) is 5.91 Å². The first-order chi connectivity index (χ1) is 8.66. The van der Waals surface area contributed by atoms with Gasteiger partial charge in [0.15, 0.2) is 0 Å². The first-order valence-electron chi connectivity index (χ1n) is 6.22. The maximum atomic E-state index is 12.0. The summed E-state index contributed by atoms with van der Waals surface area (Å²) in [5.74, 6) is -0.139. The van der Waals surface area contributed by atoms with Crippen molar-refractivity contribution in [3.63, 3.8) is 0 Å². The molecule has 0 radical (unpaired) electrons. The molecule has 1 rings (SSSR count). The van der Waals surface area contributed by atoms with E-state index < -0.39 is 0 Å². The van der Waals surface area contributed by atoms with E-state index in [1.54, 1.807) is 0 Å². The van der Waals surface area contributed by atoms with Gasteiger partial charge < -0.3 is 11.1 Å². The molecule has 104 valence electrons. The summed E-state index contributed by atoms with van der Waals surface area (Å²) in [5.41, 5.74) is 7.36. The number of aryl methyl sites for hydroxylation is 1. The summed E-state index contributed by atoms with van der Waals surface area (Å²) in [6.07, 6.45) is 0.254. The second-order valence-corrected chi connectivity index (χ2v) is 7.05. The summed E-state index contributed by atoms with van der Waals surface area (Å²) < 4.78 is 0. The lowest BCUT2D eigenvalue weighted by atomic mass is 9.85. The average Bonchev–Trinajstić information content (AvgIpc) is 2.52. The number of hydrogen-bond donors (Lipinski definition) is 2. The molecule has 0 fully saturated rings. The van der Waals surface area contributed by atoms with Crippen molar-refractivity contribution in [3.05, 3.63) is 16.0 Å². The van der Waals surface area contributed by atoms with Crippen LogP contribution in [0.3, 0.4) is 0 Å². The van der Waals surface area contributed by atoms with Crippen molar-refractivity contribution in [2.24, 2.45) is 11.1 Å². The van der Waals surface area contributed by atoms with Crippen molar-refractivity contribution < 1.29 is 4.79 Å². The highest BCUT2D eigenvalue weighted by Gasteiger charge is 2.24. The predicted molar refractivity (Wildman–Crippen MR) is 79.2 cm³/mol. The number of thiophene rings is 1. The minimum Gasteiger partial charge on any atom is -0.327 e. The Kier molecular flexibility index (Phi) is 4.72. The zero-order chi connectivity index (χ0) is 14.8. The number of carbonyl (C=O) groups excluding carboxylic acids is 1. The van der Waals surface area contributed by atoms with Crippen molar-refractivity contribution in [1.82, 2.24) is 0 Å². The molecule has 1 aromatic rings. The molecule has 0 aliphatic carbocycles. The van der Waals surface area contributed by atoms with E-state index >= 15 is 0 Å². The molecule has 0 spiro atoms. The Morgan fingerprint density at radius 1 is 1.47 bits per heavy atom. The third-order valence-corrected chi connectivity index (χ3v) is 4.39. The van der Waals surface area contributed by atoms with Crippen LogP contribution in [-0.2, 0) is 4.79 Å². The molecule has 1 amide bonds. The van der Waals surface area contributed by atoms with Crippen LogP contribution in [0, 0.1) is 30.6 Å². The summed E-state index contributed by atoms with van der Waals surface area (Å²) in [6.45, 7) is 9.85. The van der Waals surface area contributed by atoms with E-state index in [1.807, 2.05) is 34.6 Å². The monoisotopic (exact) mass is 279 g/mol. The predicted octanol–water partition coefficient (Wildman–Crippen LogP) is 2.94. The van der Waals surface area contributed by atoms with Crippen molar-refractivity contribution in [1.29, 1.82) is 5.26 Å². The van der Waals surface area contributed by atoms with Gasteiger partial charge in [-0.25, -0.2) is 0 Å². The van der Waals surface area contributed by atoms with E-state index in [1.165, 1.54) is 11.3 Å². The Labute approximate surface area is 118 Å². The number of amides is 1. The highest BCUT2D eigenvalue weighted by atomic mass is 32.1. The minimum absolute atomic E-state index is 0.114. The van der Waals surface area contributed by atoms with E-state index in [2.05, 4.69) is 11.4 Å². The zero-order valence-corrected chi connectivity index (χ0v) is 12.9. The lowest BCUT2D eigenvalue weighted by Crippen LogP contribution is -2.38. The quantitative estimate of drug-likeness (QED) is 0.892. The fraction of sp³-hybridized carbons (Fsp3) is 0.571. The number of hydrogen-bond acceptors (Lipinski definition) is 4. The Bertz CT molecular complexity index is 520. The lowest BCUT2D eigenvalue weighted by Gasteiger charge is -2.26. The van der Waals surface area contributed by atoms with Gasteiger partial charge in [0.05, 0.1) is 5.56 Å². The van der Waals surface area contributed by atoms with Crippen LogP contribution in [-0.4, -0.2) is 11.9 Å².